The van der Waals surface area contributed by atoms with Crippen LogP contribution in [-0.4, -0.2) is 32.9 Å². The third-order valence-corrected chi connectivity index (χ3v) is 2.36. The van der Waals surface area contributed by atoms with Crippen LogP contribution in [0.25, 0.3) is 11.0 Å². The molecule has 7 heteroatoms. The van der Waals surface area contributed by atoms with Crippen molar-refractivity contribution in [3.05, 3.63) is 23.8 Å². The smallest absolute Gasteiger partial charge is 0.152 e. The average Bonchev–Trinajstić information content (AvgIpc) is 2.90. The average molecular weight is 216 g/mol. The van der Waals surface area contributed by atoms with Gasteiger partial charge in [0.05, 0.1) is 0 Å². The van der Waals surface area contributed by atoms with Gasteiger partial charge in [-0.2, -0.15) is 5.11 Å². The van der Waals surface area contributed by atoms with E-state index >= 15 is 0 Å². The Kier molecular flexibility index (Phi) is 1.89. The summed E-state index contributed by atoms with van der Waals surface area (Å²) in [5.74, 6) is 0.718. The quantitative estimate of drug-likeness (QED) is 0.760. The molecule has 0 spiro atoms. The Morgan fingerprint density at radius 1 is 1.38 bits per heavy atom. The summed E-state index contributed by atoms with van der Waals surface area (Å²) in [4.78, 5) is 4.86. The molecule has 1 aliphatic heterocycles. The lowest BCUT2D eigenvalue weighted by Crippen LogP contribution is -1.97. The predicted octanol–water partition coefficient (Wildman–Crippen LogP) is 1.03. The fraction of sp³-hybridized carbons (Fsp3) is 0.222. The van der Waals surface area contributed by atoms with Crippen LogP contribution in [-0.2, 0) is 6.42 Å². The number of rotatable bonds is 2. The maximum atomic E-state index is 9.27. The van der Waals surface area contributed by atoms with Crippen LogP contribution in [0.5, 0.6) is 0 Å². The maximum absolute atomic E-state index is 9.27. The molecule has 2 aromatic rings. The van der Waals surface area contributed by atoms with E-state index in [9.17, 15) is 5.21 Å². The second kappa shape index (κ2) is 3.37. The van der Waals surface area contributed by atoms with E-state index in [1.807, 2.05) is 12.1 Å². The minimum absolute atomic E-state index is 0.421. The fourth-order valence-electron chi connectivity index (χ4n) is 1.60. The zero-order chi connectivity index (χ0) is 11.0. The van der Waals surface area contributed by atoms with Gasteiger partial charge in [-0.3, -0.25) is 0 Å². The molecular formula is C9H8N6O. The molecule has 0 radical (unpaired) electrons. The lowest BCUT2D eigenvalue weighted by Gasteiger charge is -1.97. The molecule has 0 saturated heterocycles. The monoisotopic (exact) mass is 216 g/mol. The molecule has 1 N–H and O–H groups in total. The van der Waals surface area contributed by atoms with Crippen LogP contribution in [0.1, 0.15) is 5.56 Å². The van der Waals surface area contributed by atoms with Crippen LogP contribution in [0.3, 0.4) is 0 Å². The van der Waals surface area contributed by atoms with Crippen LogP contribution in [0, 0.1) is 0 Å². The summed E-state index contributed by atoms with van der Waals surface area (Å²) in [7, 11) is 0. The van der Waals surface area contributed by atoms with Crippen molar-refractivity contribution < 1.29 is 5.21 Å². The zero-order valence-corrected chi connectivity index (χ0v) is 8.28. The van der Waals surface area contributed by atoms with E-state index in [0.717, 1.165) is 16.2 Å². The van der Waals surface area contributed by atoms with Crippen LogP contribution in [0.15, 0.2) is 33.4 Å². The second-order valence-corrected chi connectivity index (χ2v) is 3.44. The molecule has 2 heterocycles. The van der Waals surface area contributed by atoms with Crippen molar-refractivity contribution in [3.8, 4) is 0 Å². The molecule has 0 saturated carbocycles. The molecule has 0 aliphatic carbocycles. The first-order valence-electron chi connectivity index (χ1n) is 4.77. The van der Waals surface area contributed by atoms with Crippen molar-refractivity contribution >= 4 is 16.9 Å². The van der Waals surface area contributed by atoms with Gasteiger partial charge < -0.3 is 5.21 Å². The van der Waals surface area contributed by atoms with Gasteiger partial charge in [-0.05, 0) is 22.9 Å². The molecule has 1 aromatic heterocycles. The highest BCUT2D eigenvalue weighted by Crippen LogP contribution is 2.14. The third kappa shape index (κ3) is 1.42. The van der Waals surface area contributed by atoms with Crippen LogP contribution in [0.2, 0.25) is 0 Å². The van der Waals surface area contributed by atoms with Crippen molar-refractivity contribution in [3.63, 3.8) is 0 Å². The minimum atomic E-state index is 0.421. The summed E-state index contributed by atoms with van der Waals surface area (Å²) in [5, 5.41) is 24.3. The molecule has 0 amide bonds. The molecule has 0 unspecified atom stereocenters. The number of azo groups is 1. The Morgan fingerprint density at radius 2 is 2.31 bits per heavy atom. The van der Waals surface area contributed by atoms with E-state index in [1.165, 1.54) is 0 Å². The predicted molar refractivity (Wildman–Crippen MR) is 55.6 cm³/mol. The standard InChI is InChI=1S/C9H8N6O/c16-15-8-2-1-6(3-7(8)12-14-15)4-9-10-5-11-13-9/h1-3,16H,4-5H2. The van der Waals surface area contributed by atoms with Gasteiger partial charge in [0.25, 0.3) is 0 Å². The fourth-order valence-corrected chi connectivity index (χ4v) is 1.60. The largest absolute Gasteiger partial charge is 0.410 e. The second-order valence-electron chi connectivity index (χ2n) is 3.44. The van der Waals surface area contributed by atoms with Gasteiger partial charge >= 0.3 is 0 Å². The maximum Gasteiger partial charge on any atom is 0.152 e. The molecule has 16 heavy (non-hydrogen) atoms. The summed E-state index contributed by atoms with van der Waals surface area (Å²) < 4.78 is 0. The number of hydrogen-bond acceptors (Lipinski definition) is 6. The molecular weight excluding hydrogens is 208 g/mol. The molecule has 0 atom stereocenters. The molecule has 80 valence electrons. The van der Waals surface area contributed by atoms with E-state index in [4.69, 9.17) is 0 Å². The molecule has 3 rings (SSSR count). The lowest BCUT2D eigenvalue weighted by atomic mass is 10.1. The van der Waals surface area contributed by atoms with Gasteiger partial charge in [0.15, 0.2) is 12.5 Å². The Morgan fingerprint density at radius 3 is 3.12 bits per heavy atom. The molecule has 1 aliphatic rings. The Bertz CT molecular complexity index is 599. The zero-order valence-electron chi connectivity index (χ0n) is 8.28. The number of benzene rings is 1. The number of nitrogens with zero attached hydrogens (tertiary/aromatic N) is 6. The first-order valence-corrected chi connectivity index (χ1v) is 4.77. The summed E-state index contributed by atoms with van der Waals surface area (Å²) in [6.45, 7) is 0.421. The van der Waals surface area contributed by atoms with Gasteiger partial charge in [0, 0.05) is 6.42 Å². The highest BCUT2D eigenvalue weighted by atomic mass is 16.5. The number of hydrogen-bond donors (Lipinski definition) is 1. The van der Waals surface area contributed by atoms with Crippen molar-refractivity contribution in [2.75, 3.05) is 6.67 Å². The van der Waals surface area contributed by atoms with Crippen LogP contribution in [0.4, 0.5) is 0 Å². The van der Waals surface area contributed by atoms with Crippen molar-refractivity contribution in [1.29, 1.82) is 0 Å². The van der Waals surface area contributed by atoms with E-state index in [2.05, 4.69) is 25.5 Å². The topological polar surface area (TPSA) is 88.0 Å². The van der Waals surface area contributed by atoms with Gasteiger partial charge in [0.2, 0.25) is 0 Å². The number of aromatic nitrogens is 3. The van der Waals surface area contributed by atoms with E-state index < -0.39 is 0 Å². The van der Waals surface area contributed by atoms with Gasteiger partial charge in [-0.25, -0.2) is 4.99 Å². The highest BCUT2D eigenvalue weighted by molar-refractivity contribution is 5.86. The number of amidine groups is 1. The SMILES string of the molecule is On1nnc2cc(CC3=NCN=N3)ccc21. The molecule has 0 bridgehead atoms. The van der Waals surface area contributed by atoms with E-state index in [0.29, 0.717) is 24.1 Å². The molecule has 7 nitrogen and oxygen atoms in total. The summed E-state index contributed by atoms with van der Waals surface area (Å²) >= 11 is 0. The first kappa shape index (κ1) is 8.96. The number of aliphatic imine (C=N–C) groups is 1. The third-order valence-electron chi connectivity index (χ3n) is 2.36. The number of fused-ring (bicyclic) bond motifs is 1. The van der Waals surface area contributed by atoms with Gasteiger partial charge in [-0.15, -0.1) is 10.2 Å². The highest BCUT2D eigenvalue weighted by Gasteiger charge is 2.07. The van der Waals surface area contributed by atoms with Crippen molar-refractivity contribution in [1.82, 2.24) is 15.2 Å². The lowest BCUT2D eigenvalue weighted by molar-refractivity contribution is 0.155. The Labute approximate surface area is 90.1 Å². The van der Waals surface area contributed by atoms with Crippen molar-refractivity contribution in [2.45, 2.75) is 6.42 Å². The van der Waals surface area contributed by atoms with Crippen molar-refractivity contribution in [2.24, 2.45) is 15.2 Å². The normalized spacial score (nSPS) is 14.6. The van der Waals surface area contributed by atoms with Gasteiger partial charge in [-0.1, -0.05) is 10.9 Å². The minimum Gasteiger partial charge on any atom is -0.410 e. The van der Waals surface area contributed by atoms with Crippen LogP contribution >= 0.6 is 0 Å². The Balaban J connectivity index is 1.96. The van der Waals surface area contributed by atoms with Crippen LogP contribution < -0.4 is 0 Å². The Hall–Kier alpha value is -2.31. The summed E-state index contributed by atoms with van der Waals surface area (Å²) in [5.41, 5.74) is 2.25. The summed E-state index contributed by atoms with van der Waals surface area (Å²) in [6, 6.07) is 5.50. The van der Waals surface area contributed by atoms with E-state index in [1.54, 1.807) is 6.07 Å². The summed E-state index contributed by atoms with van der Waals surface area (Å²) in [6.07, 6.45) is 0.623. The molecule has 0 fully saturated rings. The van der Waals surface area contributed by atoms with E-state index in [-0.39, 0.29) is 0 Å². The molecule has 1 aromatic carbocycles. The van der Waals surface area contributed by atoms with Gasteiger partial charge in [0.1, 0.15) is 11.0 Å². The first-order chi connectivity index (χ1) is 7.83.